The van der Waals surface area contributed by atoms with Gasteiger partial charge in [-0.1, -0.05) is 24.3 Å². The molecule has 0 fully saturated rings. The van der Waals surface area contributed by atoms with Crippen molar-refractivity contribution in [2.24, 2.45) is 0 Å². The number of nitrogens with one attached hydrogen (secondary N) is 1. The van der Waals surface area contributed by atoms with Crippen molar-refractivity contribution in [2.75, 3.05) is 13.2 Å². The minimum atomic E-state index is 0.323. The van der Waals surface area contributed by atoms with Crippen LogP contribution in [0.25, 0.3) is 0 Å². The third-order valence-electron chi connectivity index (χ3n) is 3.45. The number of benzene rings is 2. The third kappa shape index (κ3) is 3.47. The van der Waals surface area contributed by atoms with Crippen LogP contribution in [0.2, 0.25) is 0 Å². The highest BCUT2D eigenvalue weighted by molar-refractivity contribution is 5.43. The molecule has 3 rings (SSSR count). The first-order chi connectivity index (χ1) is 10.3. The number of phenols is 1. The molecule has 110 valence electrons. The second-order valence-electron chi connectivity index (χ2n) is 5.06. The van der Waals surface area contributed by atoms with Gasteiger partial charge in [-0.05, 0) is 23.8 Å². The molecule has 4 nitrogen and oxygen atoms in total. The summed E-state index contributed by atoms with van der Waals surface area (Å²) in [4.78, 5) is 0. The Morgan fingerprint density at radius 1 is 0.952 bits per heavy atom. The zero-order valence-electron chi connectivity index (χ0n) is 11.8. The fourth-order valence-electron chi connectivity index (χ4n) is 2.32. The number of rotatable bonds is 4. The van der Waals surface area contributed by atoms with Crippen molar-refractivity contribution in [1.82, 2.24) is 5.32 Å². The molecule has 0 amide bonds. The number of phenolic OH excluding ortho intramolecular Hbond substituents is 1. The first-order valence-electron chi connectivity index (χ1n) is 7.19. The van der Waals surface area contributed by atoms with E-state index >= 15 is 0 Å². The van der Waals surface area contributed by atoms with E-state index in [2.05, 4.69) is 5.32 Å². The fraction of sp³-hybridized carbons (Fsp3) is 0.294. The summed E-state index contributed by atoms with van der Waals surface area (Å²) < 4.78 is 11.3. The van der Waals surface area contributed by atoms with Gasteiger partial charge in [0.25, 0.3) is 0 Å². The van der Waals surface area contributed by atoms with Gasteiger partial charge in [0.1, 0.15) is 5.75 Å². The normalized spacial score (nSPS) is 13.7. The molecule has 4 heteroatoms. The maximum Gasteiger partial charge on any atom is 0.161 e. The molecule has 0 aromatic heterocycles. The topological polar surface area (TPSA) is 50.7 Å². The highest BCUT2D eigenvalue weighted by Gasteiger charge is 2.10. The summed E-state index contributed by atoms with van der Waals surface area (Å²) in [7, 11) is 0. The van der Waals surface area contributed by atoms with E-state index in [-0.39, 0.29) is 0 Å². The van der Waals surface area contributed by atoms with Crippen LogP contribution >= 0.6 is 0 Å². The Morgan fingerprint density at radius 3 is 2.62 bits per heavy atom. The summed E-state index contributed by atoms with van der Waals surface area (Å²) in [5, 5.41) is 13.0. The molecule has 0 radical (unpaired) electrons. The highest BCUT2D eigenvalue weighted by Crippen LogP contribution is 2.30. The van der Waals surface area contributed by atoms with E-state index in [0.29, 0.717) is 32.1 Å². The predicted octanol–water partition coefficient (Wildman–Crippen LogP) is 2.84. The van der Waals surface area contributed by atoms with E-state index in [4.69, 9.17) is 9.47 Å². The molecular formula is C17H19NO3. The Labute approximate surface area is 124 Å². The van der Waals surface area contributed by atoms with Crippen molar-refractivity contribution >= 4 is 0 Å². The molecule has 1 heterocycles. The second kappa shape index (κ2) is 6.50. The van der Waals surface area contributed by atoms with Crippen LogP contribution in [0.1, 0.15) is 17.5 Å². The Kier molecular flexibility index (Phi) is 4.26. The van der Waals surface area contributed by atoms with Crippen molar-refractivity contribution in [2.45, 2.75) is 19.5 Å². The number of aromatic hydroxyl groups is 1. The maximum atomic E-state index is 9.72. The zero-order valence-corrected chi connectivity index (χ0v) is 11.8. The molecule has 21 heavy (non-hydrogen) atoms. The van der Waals surface area contributed by atoms with Gasteiger partial charge < -0.3 is 19.9 Å². The summed E-state index contributed by atoms with van der Waals surface area (Å²) in [5.41, 5.74) is 2.03. The van der Waals surface area contributed by atoms with Crippen molar-refractivity contribution in [3.8, 4) is 17.2 Å². The summed E-state index contributed by atoms with van der Waals surface area (Å²) in [6.45, 7) is 2.74. The first-order valence-corrected chi connectivity index (χ1v) is 7.19. The molecule has 2 aromatic rings. The Hall–Kier alpha value is -2.20. The SMILES string of the molecule is Oc1ccccc1CNCc1ccc2c(c1)OCCCO2. The van der Waals surface area contributed by atoms with E-state index in [1.165, 1.54) is 0 Å². The lowest BCUT2D eigenvalue weighted by Gasteiger charge is -2.10. The van der Waals surface area contributed by atoms with Crippen LogP contribution in [0.5, 0.6) is 17.2 Å². The van der Waals surface area contributed by atoms with E-state index in [9.17, 15) is 5.11 Å². The van der Waals surface area contributed by atoms with Crippen molar-refractivity contribution < 1.29 is 14.6 Å². The van der Waals surface area contributed by atoms with Gasteiger partial charge in [0, 0.05) is 25.1 Å². The quantitative estimate of drug-likeness (QED) is 0.907. The highest BCUT2D eigenvalue weighted by atomic mass is 16.5. The van der Waals surface area contributed by atoms with Crippen LogP contribution in [0.4, 0.5) is 0 Å². The van der Waals surface area contributed by atoms with Crippen molar-refractivity contribution in [3.63, 3.8) is 0 Å². The van der Waals surface area contributed by atoms with E-state index in [1.54, 1.807) is 6.07 Å². The maximum absolute atomic E-state index is 9.72. The molecule has 0 saturated heterocycles. The monoisotopic (exact) mass is 285 g/mol. The summed E-state index contributed by atoms with van der Waals surface area (Å²) in [6, 6.07) is 13.4. The van der Waals surface area contributed by atoms with Gasteiger partial charge in [-0.15, -0.1) is 0 Å². The first kappa shape index (κ1) is 13.8. The van der Waals surface area contributed by atoms with Gasteiger partial charge in [-0.25, -0.2) is 0 Å². The van der Waals surface area contributed by atoms with E-state index in [1.807, 2.05) is 36.4 Å². The van der Waals surface area contributed by atoms with E-state index < -0.39 is 0 Å². The van der Waals surface area contributed by atoms with Crippen LogP contribution in [0, 0.1) is 0 Å². The predicted molar refractivity (Wildman–Crippen MR) is 80.7 cm³/mol. The molecule has 0 aliphatic carbocycles. The standard InChI is InChI=1S/C17H19NO3/c19-15-5-2-1-4-14(15)12-18-11-13-6-7-16-17(10-13)21-9-3-8-20-16/h1-2,4-7,10,18-19H,3,8-9,11-12H2. The van der Waals surface area contributed by atoms with Crippen LogP contribution in [0.3, 0.4) is 0 Å². The van der Waals surface area contributed by atoms with Crippen molar-refractivity contribution in [3.05, 3.63) is 53.6 Å². The third-order valence-corrected chi connectivity index (χ3v) is 3.45. The molecule has 0 unspecified atom stereocenters. The molecular weight excluding hydrogens is 266 g/mol. The zero-order chi connectivity index (χ0) is 14.5. The average Bonchev–Trinajstić information content (AvgIpc) is 2.74. The Balaban J connectivity index is 1.61. The molecule has 2 aromatic carbocycles. The number of para-hydroxylation sites is 1. The number of fused-ring (bicyclic) bond motifs is 1. The van der Waals surface area contributed by atoms with Crippen LogP contribution in [0.15, 0.2) is 42.5 Å². The summed E-state index contributed by atoms with van der Waals surface area (Å²) >= 11 is 0. The van der Waals surface area contributed by atoms with Gasteiger partial charge in [0.05, 0.1) is 13.2 Å². The van der Waals surface area contributed by atoms with Gasteiger partial charge in [0.15, 0.2) is 11.5 Å². The molecule has 1 aliphatic heterocycles. The average molecular weight is 285 g/mol. The van der Waals surface area contributed by atoms with E-state index in [0.717, 1.165) is 29.0 Å². The fourth-order valence-corrected chi connectivity index (χ4v) is 2.32. The number of hydrogen-bond acceptors (Lipinski definition) is 4. The lowest BCUT2D eigenvalue weighted by Crippen LogP contribution is -2.12. The molecule has 0 atom stereocenters. The second-order valence-corrected chi connectivity index (χ2v) is 5.06. The van der Waals surface area contributed by atoms with Crippen LogP contribution < -0.4 is 14.8 Å². The van der Waals surface area contributed by atoms with Gasteiger partial charge >= 0.3 is 0 Å². The lowest BCUT2D eigenvalue weighted by molar-refractivity contribution is 0.297. The number of hydrogen-bond donors (Lipinski definition) is 2. The largest absolute Gasteiger partial charge is 0.508 e. The van der Waals surface area contributed by atoms with Gasteiger partial charge in [-0.3, -0.25) is 0 Å². The molecule has 0 bridgehead atoms. The summed E-state index contributed by atoms with van der Waals surface area (Å²) in [6.07, 6.45) is 0.912. The van der Waals surface area contributed by atoms with Gasteiger partial charge in [0.2, 0.25) is 0 Å². The molecule has 0 spiro atoms. The van der Waals surface area contributed by atoms with Crippen LogP contribution in [-0.2, 0) is 13.1 Å². The van der Waals surface area contributed by atoms with Crippen molar-refractivity contribution in [1.29, 1.82) is 0 Å². The van der Waals surface area contributed by atoms with Crippen LogP contribution in [-0.4, -0.2) is 18.3 Å². The molecule has 1 aliphatic rings. The molecule has 2 N–H and O–H groups in total. The smallest absolute Gasteiger partial charge is 0.161 e. The Morgan fingerprint density at radius 2 is 1.76 bits per heavy atom. The Bertz CT molecular complexity index is 613. The molecule has 0 saturated carbocycles. The van der Waals surface area contributed by atoms with Gasteiger partial charge in [-0.2, -0.15) is 0 Å². The minimum absolute atomic E-state index is 0.323. The minimum Gasteiger partial charge on any atom is -0.508 e. The number of ether oxygens (including phenoxy) is 2. The lowest BCUT2D eigenvalue weighted by atomic mass is 10.1. The summed E-state index contributed by atoms with van der Waals surface area (Å²) in [5.74, 6) is 1.95.